The molecule has 0 radical (unpaired) electrons. The second-order valence-corrected chi connectivity index (χ2v) is 6.49. The Morgan fingerprint density at radius 3 is 1.75 bits per heavy atom. The minimum absolute atomic E-state index is 0.111. The average molecular weight is 308 g/mol. The van der Waals surface area contributed by atoms with E-state index in [1.54, 1.807) is 0 Å². The minimum Gasteiger partial charge on any atom is -0.111 e. The normalized spacial score (nSPS) is 16.1. The summed E-state index contributed by atoms with van der Waals surface area (Å²) in [5, 5.41) is 0. The van der Waals surface area contributed by atoms with Crippen LogP contribution >= 0.6 is 69.0 Å². The van der Waals surface area contributed by atoms with Crippen molar-refractivity contribution in [3.8, 4) is 0 Å². The molecule has 50 valence electrons. The fourth-order valence-corrected chi connectivity index (χ4v) is 2.55. The molecule has 0 aliphatic rings. The van der Waals surface area contributed by atoms with Crippen molar-refractivity contribution in [2.75, 3.05) is 0 Å². The van der Waals surface area contributed by atoms with E-state index in [0.29, 0.717) is 6.42 Å². The molecule has 0 bridgehead atoms. The molecule has 0 saturated carbocycles. The third kappa shape index (κ3) is 7.89. The van der Waals surface area contributed by atoms with Crippen LogP contribution in [0.4, 0.5) is 0 Å². The minimum atomic E-state index is -1.20. The van der Waals surface area contributed by atoms with Gasteiger partial charge in [0, 0.05) is 6.42 Å². The molecule has 0 aromatic heterocycles. The van der Waals surface area contributed by atoms with E-state index in [0.717, 1.165) is 0 Å². The molecule has 0 fully saturated rings. The Bertz CT molecular complexity index is 66.2. The first-order valence-corrected chi connectivity index (χ1v) is 4.58. The van der Waals surface area contributed by atoms with Gasteiger partial charge in [0.1, 0.15) is 0 Å². The Kier molecular flexibility index (Phi) is 4.84. The zero-order valence-electron chi connectivity index (χ0n) is 3.67. The lowest BCUT2D eigenvalue weighted by molar-refractivity contribution is 0.964. The molecule has 0 aliphatic carbocycles. The number of hydrogen-bond acceptors (Lipinski definition) is 0. The van der Waals surface area contributed by atoms with Crippen molar-refractivity contribution in [1.82, 2.24) is 0 Å². The van der Waals surface area contributed by atoms with Gasteiger partial charge in [-0.3, -0.25) is 0 Å². The Labute approximate surface area is 81.9 Å². The Hall–Kier alpha value is 1.89. The number of hydrogen-bond donors (Lipinski definition) is 0. The van der Waals surface area contributed by atoms with Crippen LogP contribution in [-0.2, 0) is 0 Å². The summed E-state index contributed by atoms with van der Waals surface area (Å²) in [6.07, 6.45) is 0.375. The second-order valence-electron chi connectivity index (χ2n) is 1.21. The van der Waals surface area contributed by atoms with Crippen molar-refractivity contribution in [2.24, 2.45) is 0 Å². The van der Waals surface area contributed by atoms with E-state index in [2.05, 4.69) is 0 Å². The zero-order chi connectivity index (χ0) is 6.78. The van der Waals surface area contributed by atoms with Crippen molar-refractivity contribution in [1.29, 1.82) is 0 Å². The van der Waals surface area contributed by atoms with Crippen LogP contribution in [0.3, 0.4) is 0 Å². The monoisotopic (exact) mass is 306 g/mol. The molecule has 0 nitrogen and oxygen atoms in total. The van der Waals surface area contributed by atoms with Crippen molar-refractivity contribution in [2.45, 2.75) is 13.6 Å². The van der Waals surface area contributed by atoms with Gasteiger partial charge in [-0.05, 0) is 0 Å². The molecule has 0 rings (SSSR count). The molecule has 1 atom stereocenters. The molecule has 0 saturated heterocycles. The van der Waals surface area contributed by atoms with E-state index < -0.39 is 3.79 Å². The third-order valence-electron chi connectivity index (χ3n) is 0.386. The highest BCUT2D eigenvalue weighted by Gasteiger charge is 2.22. The summed E-state index contributed by atoms with van der Waals surface area (Å²) >= 11 is 23.6. The second kappa shape index (κ2) is 3.91. The highest BCUT2D eigenvalue weighted by atomic mass is 127. The van der Waals surface area contributed by atoms with Crippen LogP contribution in [0, 0.1) is 0 Å². The van der Waals surface area contributed by atoms with Crippen LogP contribution in [0.2, 0.25) is 0 Å². The maximum absolute atomic E-state index is 5.50. The van der Waals surface area contributed by atoms with E-state index >= 15 is 0 Å². The molecular weight excluding hydrogens is 305 g/mol. The largest absolute Gasteiger partial charge is 0.192 e. The van der Waals surface area contributed by atoms with Crippen LogP contribution in [0.5, 0.6) is 0 Å². The lowest BCUT2D eigenvalue weighted by atomic mass is 10.6. The smallest absolute Gasteiger partial charge is 0.111 e. The van der Waals surface area contributed by atoms with Crippen LogP contribution in [0.1, 0.15) is 6.42 Å². The summed E-state index contributed by atoms with van der Waals surface area (Å²) in [7, 11) is 0. The number of rotatable bonds is 1. The summed E-state index contributed by atoms with van der Waals surface area (Å²) in [4.78, 5) is 0. The predicted molar refractivity (Wildman–Crippen MR) is 48.6 cm³/mol. The molecule has 1 unspecified atom stereocenters. The van der Waals surface area contributed by atoms with E-state index in [1.165, 1.54) is 0 Å². The van der Waals surface area contributed by atoms with E-state index in [1.807, 2.05) is 22.6 Å². The molecule has 0 aromatic carbocycles. The fourth-order valence-electron chi connectivity index (χ4n) is 0.175. The molecule has 0 N–H and O–H groups in total. The maximum atomic E-state index is 5.50. The van der Waals surface area contributed by atoms with E-state index in [-0.39, 0.29) is 3.38 Å². The summed E-state index contributed by atoms with van der Waals surface area (Å²) in [5.74, 6) is 0. The topological polar surface area (TPSA) is 0 Å². The molecule has 0 heterocycles. The van der Waals surface area contributed by atoms with Gasteiger partial charge in [-0.2, -0.15) is 0 Å². The third-order valence-corrected chi connectivity index (χ3v) is 1.44. The zero-order valence-corrected chi connectivity index (χ0v) is 8.86. The van der Waals surface area contributed by atoms with Crippen LogP contribution in [0.25, 0.3) is 0 Å². The Morgan fingerprint density at radius 2 is 1.75 bits per heavy atom. The van der Waals surface area contributed by atoms with Gasteiger partial charge in [0.2, 0.25) is 0 Å². The van der Waals surface area contributed by atoms with E-state index in [4.69, 9.17) is 46.4 Å². The molecule has 0 amide bonds. The standard InChI is InChI=1S/C3H3Cl4I/c4-2(8)1-3(5,6)7/h2H,1H2. The Balaban J connectivity index is 3.39. The van der Waals surface area contributed by atoms with Gasteiger partial charge >= 0.3 is 0 Å². The lowest BCUT2D eigenvalue weighted by Gasteiger charge is -2.09. The number of alkyl halides is 5. The van der Waals surface area contributed by atoms with Gasteiger partial charge in [-0.15, -0.1) is 11.6 Å². The first kappa shape index (κ1) is 9.89. The molecule has 5 heteroatoms. The predicted octanol–water partition coefficient (Wildman–Crippen LogP) is 3.75. The van der Waals surface area contributed by atoms with Gasteiger partial charge in [0.05, 0.1) is 3.38 Å². The first-order chi connectivity index (χ1) is 3.42. The first-order valence-electron chi connectivity index (χ1n) is 1.77. The van der Waals surface area contributed by atoms with Crippen molar-refractivity contribution < 1.29 is 0 Å². The van der Waals surface area contributed by atoms with E-state index in [9.17, 15) is 0 Å². The Morgan fingerprint density at radius 1 is 1.38 bits per heavy atom. The quantitative estimate of drug-likeness (QED) is 0.511. The fraction of sp³-hybridized carbons (Fsp3) is 1.00. The molecule has 8 heavy (non-hydrogen) atoms. The number of halogens is 5. The average Bonchev–Trinajstić information content (AvgIpc) is 1.21. The van der Waals surface area contributed by atoms with Crippen LogP contribution in [0.15, 0.2) is 0 Å². The van der Waals surface area contributed by atoms with Crippen LogP contribution in [-0.4, -0.2) is 7.18 Å². The molecular formula is C3H3Cl4I. The van der Waals surface area contributed by atoms with Crippen molar-refractivity contribution in [3.05, 3.63) is 0 Å². The highest BCUT2D eigenvalue weighted by Crippen LogP contribution is 2.34. The van der Waals surface area contributed by atoms with Gasteiger partial charge in [0.25, 0.3) is 0 Å². The van der Waals surface area contributed by atoms with Crippen LogP contribution < -0.4 is 0 Å². The molecule has 0 aromatic rings. The molecule has 0 aliphatic heterocycles. The maximum Gasteiger partial charge on any atom is 0.192 e. The van der Waals surface area contributed by atoms with Gasteiger partial charge in [-0.25, -0.2) is 0 Å². The van der Waals surface area contributed by atoms with Gasteiger partial charge in [-0.1, -0.05) is 57.4 Å². The summed E-state index contributed by atoms with van der Waals surface area (Å²) in [5.41, 5.74) is 0. The summed E-state index contributed by atoms with van der Waals surface area (Å²) in [6, 6.07) is 0. The molecule has 0 spiro atoms. The van der Waals surface area contributed by atoms with Gasteiger partial charge in [0.15, 0.2) is 3.79 Å². The highest BCUT2D eigenvalue weighted by molar-refractivity contribution is 14.1. The summed E-state index contributed by atoms with van der Waals surface area (Å²) in [6.45, 7) is 0. The van der Waals surface area contributed by atoms with Crippen molar-refractivity contribution >= 4 is 69.0 Å². The summed E-state index contributed by atoms with van der Waals surface area (Å²) < 4.78 is -1.31. The SMILES string of the molecule is ClC(I)CC(Cl)(Cl)Cl. The van der Waals surface area contributed by atoms with Gasteiger partial charge < -0.3 is 0 Å². The lowest BCUT2D eigenvalue weighted by Crippen LogP contribution is -2.05. The van der Waals surface area contributed by atoms with Crippen molar-refractivity contribution in [3.63, 3.8) is 0 Å².